The Morgan fingerprint density at radius 3 is 2.53 bits per heavy atom. The van der Waals surface area contributed by atoms with Crippen LogP contribution in [0.1, 0.15) is 13.8 Å². The minimum absolute atomic E-state index is 0.0746. The number of allylic oxidation sites excluding steroid dienone is 1. The first-order valence-electron chi connectivity index (χ1n) is 4.75. The van der Waals surface area contributed by atoms with Crippen LogP contribution in [0.3, 0.4) is 0 Å². The number of hydrogen-bond donors (Lipinski definition) is 0. The van der Waals surface area contributed by atoms with E-state index in [4.69, 9.17) is 23.2 Å². The first-order chi connectivity index (χ1) is 7.89. The third-order valence-electron chi connectivity index (χ3n) is 1.90. The Morgan fingerprint density at radius 1 is 1.41 bits per heavy atom. The summed E-state index contributed by atoms with van der Waals surface area (Å²) in [5.41, 5.74) is 0. The Labute approximate surface area is 111 Å². The van der Waals surface area contributed by atoms with Gasteiger partial charge in [0.05, 0.1) is 9.93 Å². The van der Waals surface area contributed by atoms with Crippen molar-refractivity contribution in [3.63, 3.8) is 0 Å². The van der Waals surface area contributed by atoms with Crippen molar-refractivity contribution in [3.8, 4) is 0 Å². The maximum atomic E-state index is 12.2. The Balaban J connectivity index is 3.43. The van der Waals surface area contributed by atoms with Crippen molar-refractivity contribution < 1.29 is 8.42 Å². The van der Waals surface area contributed by atoms with E-state index >= 15 is 0 Å². The maximum Gasteiger partial charge on any atom is 0.225 e. The van der Waals surface area contributed by atoms with E-state index in [0.717, 1.165) is 0 Å². The molecule has 0 aliphatic rings. The van der Waals surface area contributed by atoms with Gasteiger partial charge in [-0.2, -0.15) is 0 Å². The molecule has 0 fully saturated rings. The van der Waals surface area contributed by atoms with Gasteiger partial charge in [0, 0.05) is 11.2 Å². The Hall–Kier alpha value is -0.840. The highest BCUT2D eigenvalue weighted by Crippen LogP contribution is 2.26. The van der Waals surface area contributed by atoms with E-state index in [2.05, 4.69) is 4.99 Å². The minimum Gasteiger partial charge on any atom is -0.248 e. The van der Waals surface area contributed by atoms with E-state index in [1.807, 2.05) is 0 Å². The van der Waals surface area contributed by atoms with Crippen molar-refractivity contribution >= 4 is 39.3 Å². The summed E-state index contributed by atoms with van der Waals surface area (Å²) in [6, 6.07) is 5.97. The lowest BCUT2D eigenvalue weighted by atomic mass is 10.4. The van der Waals surface area contributed by atoms with Crippen molar-refractivity contribution in [2.75, 3.05) is 0 Å². The number of halogens is 2. The van der Waals surface area contributed by atoms with E-state index in [1.165, 1.54) is 25.3 Å². The van der Waals surface area contributed by atoms with Crippen LogP contribution in [0.15, 0.2) is 44.2 Å². The summed E-state index contributed by atoms with van der Waals surface area (Å²) in [5, 5.41) is 0.296. The summed E-state index contributed by atoms with van der Waals surface area (Å²) in [7, 11) is -3.72. The molecular weight excluding hydrogens is 281 g/mol. The largest absolute Gasteiger partial charge is 0.248 e. The van der Waals surface area contributed by atoms with Crippen LogP contribution in [0.5, 0.6) is 0 Å². The second kappa shape index (κ2) is 5.67. The number of aliphatic imine (C=N–C) groups is 1. The topological polar surface area (TPSA) is 46.5 Å². The van der Waals surface area contributed by atoms with Crippen molar-refractivity contribution in [2.45, 2.75) is 18.7 Å². The van der Waals surface area contributed by atoms with E-state index in [-0.39, 0.29) is 15.0 Å². The van der Waals surface area contributed by atoms with Gasteiger partial charge >= 0.3 is 0 Å². The summed E-state index contributed by atoms with van der Waals surface area (Å²) in [5.74, 6) is 0. The summed E-state index contributed by atoms with van der Waals surface area (Å²) in [6.07, 6.45) is 1.38. The molecule has 0 saturated carbocycles. The molecule has 1 aromatic rings. The van der Waals surface area contributed by atoms with Crippen LogP contribution in [0.25, 0.3) is 0 Å². The molecule has 0 heterocycles. The van der Waals surface area contributed by atoms with Crippen LogP contribution < -0.4 is 0 Å². The van der Waals surface area contributed by atoms with E-state index in [9.17, 15) is 8.42 Å². The zero-order valence-electron chi connectivity index (χ0n) is 9.31. The highest BCUT2D eigenvalue weighted by Gasteiger charge is 2.22. The molecule has 1 rings (SSSR count). The van der Waals surface area contributed by atoms with Crippen molar-refractivity contribution in [1.82, 2.24) is 0 Å². The molecule has 92 valence electrons. The van der Waals surface area contributed by atoms with Crippen molar-refractivity contribution in [3.05, 3.63) is 39.3 Å². The number of hydrogen-bond acceptors (Lipinski definition) is 3. The molecule has 0 aliphatic heterocycles. The van der Waals surface area contributed by atoms with Crippen LogP contribution in [0, 0.1) is 0 Å². The second-order valence-electron chi connectivity index (χ2n) is 3.19. The van der Waals surface area contributed by atoms with Crippen LogP contribution in [0.2, 0.25) is 5.02 Å². The molecule has 0 bridgehead atoms. The smallest absolute Gasteiger partial charge is 0.225 e. The first kappa shape index (κ1) is 14.2. The lowest BCUT2D eigenvalue weighted by Crippen LogP contribution is -2.04. The van der Waals surface area contributed by atoms with Gasteiger partial charge in [0.15, 0.2) is 5.03 Å². The lowest BCUT2D eigenvalue weighted by Gasteiger charge is -2.06. The fourth-order valence-electron chi connectivity index (χ4n) is 1.21. The van der Waals surface area contributed by atoms with Gasteiger partial charge in [0.1, 0.15) is 0 Å². The molecule has 0 aliphatic carbocycles. The predicted octanol–water partition coefficient (Wildman–Crippen LogP) is 3.63. The van der Waals surface area contributed by atoms with E-state index in [1.54, 1.807) is 19.1 Å². The SMILES string of the molecule is C/C=N\C(=C(/C)Cl)S(=O)(=O)c1cccc(Cl)c1. The van der Waals surface area contributed by atoms with Gasteiger partial charge in [0.2, 0.25) is 9.84 Å². The standard InChI is InChI=1S/C11H11Cl2NO2S/c1-3-14-11(8(2)12)17(15,16)10-6-4-5-9(13)7-10/h3-7H,1-2H3/b11-8-,14-3-. The van der Waals surface area contributed by atoms with Gasteiger partial charge in [-0.25, -0.2) is 13.4 Å². The third kappa shape index (κ3) is 3.31. The van der Waals surface area contributed by atoms with Gasteiger partial charge in [-0.1, -0.05) is 29.3 Å². The number of benzene rings is 1. The van der Waals surface area contributed by atoms with E-state index in [0.29, 0.717) is 5.02 Å². The molecule has 0 spiro atoms. The predicted molar refractivity (Wildman–Crippen MR) is 71.4 cm³/mol. The summed E-state index contributed by atoms with van der Waals surface area (Å²) in [6.45, 7) is 3.10. The average Bonchev–Trinajstić information content (AvgIpc) is 2.25. The molecular formula is C11H11Cl2NO2S. The molecule has 0 atom stereocenters. The molecule has 6 heteroatoms. The normalized spacial score (nSPS) is 13.9. The second-order valence-corrected chi connectivity index (χ2v) is 6.06. The quantitative estimate of drug-likeness (QED) is 0.799. The Bertz CT molecular complexity index is 573. The van der Waals surface area contributed by atoms with Crippen LogP contribution in [-0.2, 0) is 9.84 Å². The summed E-state index contributed by atoms with van der Waals surface area (Å²) in [4.78, 5) is 3.87. The molecule has 0 amide bonds. The van der Waals surface area contributed by atoms with Gasteiger partial charge < -0.3 is 0 Å². The molecule has 0 unspecified atom stereocenters. The molecule has 0 saturated heterocycles. The lowest BCUT2D eigenvalue weighted by molar-refractivity contribution is 0.601. The zero-order valence-corrected chi connectivity index (χ0v) is 11.6. The maximum absolute atomic E-state index is 12.2. The van der Waals surface area contributed by atoms with Crippen LogP contribution >= 0.6 is 23.2 Å². The van der Waals surface area contributed by atoms with Crippen molar-refractivity contribution in [2.24, 2.45) is 4.99 Å². The van der Waals surface area contributed by atoms with Gasteiger partial charge in [-0.15, -0.1) is 0 Å². The van der Waals surface area contributed by atoms with Crippen molar-refractivity contribution in [1.29, 1.82) is 0 Å². The Kier molecular flexibility index (Phi) is 4.74. The molecule has 17 heavy (non-hydrogen) atoms. The third-order valence-corrected chi connectivity index (χ3v) is 4.22. The molecule has 0 radical (unpaired) electrons. The molecule has 0 N–H and O–H groups in total. The fraction of sp³-hybridized carbons (Fsp3) is 0.182. The van der Waals surface area contributed by atoms with Gasteiger partial charge in [0.25, 0.3) is 0 Å². The number of sulfone groups is 1. The number of nitrogens with zero attached hydrogens (tertiary/aromatic N) is 1. The van der Waals surface area contributed by atoms with Gasteiger partial charge in [-0.05, 0) is 32.0 Å². The van der Waals surface area contributed by atoms with Crippen LogP contribution in [0.4, 0.5) is 0 Å². The molecule has 1 aromatic carbocycles. The summed E-state index contributed by atoms with van der Waals surface area (Å²) >= 11 is 11.5. The monoisotopic (exact) mass is 291 g/mol. The van der Waals surface area contributed by atoms with Crippen LogP contribution in [-0.4, -0.2) is 14.6 Å². The average molecular weight is 292 g/mol. The van der Waals surface area contributed by atoms with Gasteiger partial charge in [-0.3, -0.25) is 0 Å². The molecule has 0 aromatic heterocycles. The first-order valence-corrected chi connectivity index (χ1v) is 6.99. The van der Waals surface area contributed by atoms with E-state index < -0.39 is 9.84 Å². The zero-order chi connectivity index (χ0) is 13.1. The summed E-state index contributed by atoms with van der Waals surface area (Å²) < 4.78 is 24.4. The number of rotatable bonds is 3. The molecule has 3 nitrogen and oxygen atoms in total. The highest BCUT2D eigenvalue weighted by molar-refractivity contribution is 7.95. The minimum atomic E-state index is -3.72. The Morgan fingerprint density at radius 2 is 2.06 bits per heavy atom. The highest BCUT2D eigenvalue weighted by atomic mass is 35.5. The fourth-order valence-corrected chi connectivity index (χ4v) is 3.19.